The molecule has 2 heterocycles. The predicted octanol–water partition coefficient (Wildman–Crippen LogP) is 1.76. The highest BCUT2D eigenvalue weighted by atomic mass is 79.9. The second-order valence-corrected chi connectivity index (χ2v) is 6.65. The molecule has 0 saturated heterocycles. The molecule has 8 heteroatoms. The van der Waals surface area contributed by atoms with Gasteiger partial charge in [-0.25, -0.2) is 9.67 Å². The molecule has 126 valence electrons. The fourth-order valence-electron chi connectivity index (χ4n) is 2.92. The summed E-state index contributed by atoms with van der Waals surface area (Å²) in [7, 11) is 0. The third-order valence-corrected chi connectivity index (χ3v) is 4.57. The topological polar surface area (TPSA) is 106 Å². The second-order valence-electron chi connectivity index (χ2n) is 5.73. The summed E-state index contributed by atoms with van der Waals surface area (Å²) >= 11 is 3.42. The van der Waals surface area contributed by atoms with E-state index < -0.39 is 11.8 Å². The number of aliphatic hydroxyl groups excluding tert-OH is 1. The molecule has 1 aliphatic rings. The summed E-state index contributed by atoms with van der Waals surface area (Å²) in [6.45, 7) is 1.86. The van der Waals surface area contributed by atoms with Crippen LogP contribution in [0.25, 0.3) is 0 Å². The van der Waals surface area contributed by atoms with E-state index in [1.54, 1.807) is 11.6 Å². The van der Waals surface area contributed by atoms with Crippen molar-refractivity contribution in [2.75, 3.05) is 6.61 Å². The molecule has 7 nitrogen and oxygen atoms in total. The Morgan fingerprint density at radius 2 is 2.08 bits per heavy atom. The van der Waals surface area contributed by atoms with Gasteiger partial charge in [0.05, 0.1) is 6.04 Å². The van der Waals surface area contributed by atoms with Crippen LogP contribution in [0.15, 0.2) is 33.7 Å². The normalized spacial score (nSPS) is 19.7. The highest BCUT2D eigenvalue weighted by Crippen LogP contribution is 2.35. The monoisotopic (exact) mass is 391 g/mol. The lowest BCUT2D eigenvalue weighted by Crippen LogP contribution is -2.39. The Balaban J connectivity index is 2.09. The van der Waals surface area contributed by atoms with Crippen LogP contribution in [0.5, 0.6) is 0 Å². The first-order valence-corrected chi connectivity index (χ1v) is 8.47. The molecule has 0 bridgehead atoms. The van der Waals surface area contributed by atoms with E-state index in [0.717, 1.165) is 10.0 Å². The Morgan fingerprint density at radius 3 is 2.71 bits per heavy atom. The van der Waals surface area contributed by atoms with Gasteiger partial charge in [0, 0.05) is 23.2 Å². The van der Waals surface area contributed by atoms with Gasteiger partial charge in [0.1, 0.15) is 5.92 Å². The molecule has 0 spiro atoms. The van der Waals surface area contributed by atoms with Gasteiger partial charge in [-0.05, 0) is 31.0 Å². The molecule has 3 N–H and O–H groups in total. The third-order valence-electron chi connectivity index (χ3n) is 4.04. The molecule has 0 radical (unpaired) electrons. The number of aliphatic hydroxyl groups is 1. The first-order chi connectivity index (χ1) is 11.5. The highest BCUT2D eigenvalue weighted by Gasteiger charge is 2.38. The number of carbonyl (C=O) groups is 1. The van der Waals surface area contributed by atoms with E-state index in [1.165, 1.54) is 0 Å². The van der Waals surface area contributed by atoms with Crippen molar-refractivity contribution >= 4 is 33.5 Å². The van der Waals surface area contributed by atoms with Crippen LogP contribution in [0.4, 0.5) is 5.95 Å². The average Bonchev–Trinajstić information content (AvgIpc) is 2.94. The molecule has 1 amide bonds. The van der Waals surface area contributed by atoms with E-state index >= 15 is 0 Å². The van der Waals surface area contributed by atoms with Gasteiger partial charge in [0.2, 0.25) is 11.9 Å². The van der Waals surface area contributed by atoms with Gasteiger partial charge in [0.25, 0.3) is 0 Å². The molecule has 2 aromatic rings. The Labute approximate surface area is 147 Å². The van der Waals surface area contributed by atoms with Gasteiger partial charge in [-0.1, -0.05) is 28.1 Å². The van der Waals surface area contributed by atoms with Crippen molar-refractivity contribution in [2.45, 2.75) is 25.8 Å². The van der Waals surface area contributed by atoms with Crippen LogP contribution in [0.2, 0.25) is 0 Å². The van der Waals surface area contributed by atoms with Gasteiger partial charge in [-0.15, -0.1) is 0 Å². The summed E-state index contributed by atoms with van der Waals surface area (Å²) in [5.41, 5.74) is 7.18. The number of carbonyl (C=O) groups excluding carboxylic acids is 1. The number of hydrogen-bond acceptors (Lipinski definition) is 5. The van der Waals surface area contributed by atoms with E-state index in [1.807, 2.05) is 24.3 Å². The lowest BCUT2D eigenvalue weighted by molar-refractivity contribution is -0.120. The summed E-state index contributed by atoms with van der Waals surface area (Å²) < 4.78 is 2.61. The van der Waals surface area contributed by atoms with Crippen LogP contribution in [0, 0.1) is 5.92 Å². The standard InChI is InChI=1S/C16H18BrN5O2/c1-9-13(15(18)24)14(10-4-6-11(17)7-5-10)22-16(19-9)20-12(21-22)3-2-8-23/h4-7,13-14,23H,2-3,8H2,1H3,(H2,18,24). The summed E-state index contributed by atoms with van der Waals surface area (Å²) in [6.07, 6.45) is 1.13. The van der Waals surface area contributed by atoms with Crippen LogP contribution < -0.4 is 5.73 Å². The number of nitrogens with zero attached hydrogens (tertiary/aromatic N) is 4. The molecular formula is C16H18BrN5O2. The zero-order valence-corrected chi connectivity index (χ0v) is 14.8. The fraction of sp³-hybridized carbons (Fsp3) is 0.375. The molecule has 2 atom stereocenters. The van der Waals surface area contributed by atoms with E-state index in [4.69, 9.17) is 10.8 Å². The maximum atomic E-state index is 12.0. The van der Waals surface area contributed by atoms with Crippen LogP contribution in [-0.4, -0.2) is 38.1 Å². The van der Waals surface area contributed by atoms with Crippen molar-refractivity contribution in [1.82, 2.24) is 14.8 Å². The SMILES string of the molecule is CC1=Nc2nc(CCCO)nn2C(c2ccc(Br)cc2)C1C(N)=O. The largest absolute Gasteiger partial charge is 0.396 e. The van der Waals surface area contributed by atoms with Gasteiger partial charge in [0.15, 0.2) is 5.82 Å². The van der Waals surface area contributed by atoms with Crippen molar-refractivity contribution in [3.05, 3.63) is 40.1 Å². The molecule has 0 aliphatic carbocycles. The van der Waals surface area contributed by atoms with Crippen molar-refractivity contribution < 1.29 is 9.90 Å². The number of rotatable bonds is 5. The van der Waals surface area contributed by atoms with Gasteiger partial charge < -0.3 is 10.8 Å². The second kappa shape index (κ2) is 6.82. The molecule has 3 rings (SSSR count). The number of halogens is 1. The van der Waals surface area contributed by atoms with Crippen LogP contribution >= 0.6 is 15.9 Å². The minimum absolute atomic E-state index is 0.0756. The maximum absolute atomic E-state index is 12.0. The first-order valence-electron chi connectivity index (χ1n) is 7.67. The molecular weight excluding hydrogens is 374 g/mol. The van der Waals surface area contributed by atoms with E-state index in [2.05, 4.69) is 31.0 Å². The smallest absolute Gasteiger partial charge is 0.248 e. The number of fused-ring (bicyclic) bond motifs is 1. The first kappa shape index (κ1) is 16.8. The van der Waals surface area contributed by atoms with E-state index in [0.29, 0.717) is 30.3 Å². The van der Waals surface area contributed by atoms with E-state index in [-0.39, 0.29) is 12.6 Å². The zero-order valence-electron chi connectivity index (χ0n) is 13.2. The number of amides is 1. The Hall–Kier alpha value is -2.06. The Kier molecular flexibility index (Phi) is 4.77. The van der Waals surface area contributed by atoms with E-state index in [9.17, 15) is 4.79 Å². The lowest BCUT2D eigenvalue weighted by atomic mass is 9.88. The Morgan fingerprint density at radius 1 is 1.38 bits per heavy atom. The molecule has 0 fully saturated rings. The minimum atomic E-state index is -0.578. The molecule has 1 aliphatic heterocycles. The third kappa shape index (κ3) is 3.11. The van der Waals surface area contributed by atoms with Crippen molar-refractivity contribution in [1.29, 1.82) is 0 Å². The summed E-state index contributed by atoms with van der Waals surface area (Å²) in [4.78, 5) is 20.9. The number of aryl methyl sites for hydroxylation is 1. The maximum Gasteiger partial charge on any atom is 0.248 e. The Bertz CT molecular complexity index is 784. The zero-order chi connectivity index (χ0) is 17.3. The predicted molar refractivity (Wildman–Crippen MR) is 93.2 cm³/mol. The van der Waals surface area contributed by atoms with Crippen LogP contribution in [0.1, 0.15) is 30.8 Å². The molecule has 1 aromatic carbocycles. The number of aliphatic imine (C=N–C) groups is 1. The van der Waals surface area contributed by atoms with Gasteiger partial charge in [-0.2, -0.15) is 10.1 Å². The summed E-state index contributed by atoms with van der Waals surface area (Å²) in [5.74, 6) is 0.0435. The number of primary amides is 1. The minimum Gasteiger partial charge on any atom is -0.396 e. The number of hydrogen-bond donors (Lipinski definition) is 2. The van der Waals surface area contributed by atoms with Crippen LogP contribution in [0.3, 0.4) is 0 Å². The lowest BCUT2D eigenvalue weighted by Gasteiger charge is -2.29. The van der Waals surface area contributed by atoms with Crippen LogP contribution in [-0.2, 0) is 11.2 Å². The molecule has 24 heavy (non-hydrogen) atoms. The van der Waals surface area contributed by atoms with Crippen molar-refractivity contribution in [2.24, 2.45) is 16.6 Å². The number of benzene rings is 1. The highest BCUT2D eigenvalue weighted by molar-refractivity contribution is 9.10. The molecule has 2 unspecified atom stereocenters. The molecule has 0 saturated carbocycles. The fourth-order valence-corrected chi connectivity index (χ4v) is 3.18. The average molecular weight is 392 g/mol. The quantitative estimate of drug-likeness (QED) is 0.809. The summed E-state index contributed by atoms with van der Waals surface area (Å²) in [6, 6.07) is 7.32. The van der Waals surface area contributed by atoms with Gasteiger partial charge in [-0.3, -0.25) is 4.79 Å². The van der Waals surface area contributed by atoms with Gasteiger partial charge >= 0.3 is 0 Å². The number of nitrogens with two attached hydrogens (primary N) is 1. The van der Waals surface area contributed by atoms with Crippen molar-refractivity contribution in [3.63, 3.8) is 0 Å². The van der Waals surface area contributed by atoms with Crippen molar-refractivity contribution in [3.8, 4) is 0 Å². The summed E-state index contributed by atoms with van der Waals surface area (Å²) in [5, 5.41) is 13.5. The molecule has 1 aromatic heterocycles. The number of aromatic nitrogens is 3.